The van der Waals surface area contributed by atoms with Crippen molar-refractivity contribution in [1.29, 1.82) is 0 Å². The van der Waals surface area contributed by atoms with E-state index in [0.717, 1.165) is 43.4 Å². The van der Waals surface area contributed by atoms with Crippen molar-refractivity contribution >= 4 is 33.4 Å². The van der Waals surface area contributed by atoms with Crippen molar-refractivity contribution in [3.05, 3.63) is 46.5 Å². The minimum absolute atomic E-state index is 0.259. The highest BCUT2D eigenvalue weighted by molar-refractivity contribution is 6.18. The third-order valence-corrected chi connectivity index (χ3v) is 5.95. The van der Waals surface area contributed by atoms with Crippen LogP contribution in [0.25, 0.3) is 21.8 Å². The molecule has 126 valence electrons. The zero-order valence-corrected chi connectivity index (χ0v) is 14.5. The van der Waals surface area contributed by atoms with Crippen LogP contribution in [0.1, 0.15) is 64.4 Å². The number of fused-ring (bicyclic) bond motifs is 7. The maximum Gasteiger partial charge on any atom is 0.163 e. The molecule has 2 aliphatic carbocycles. The fourth-order valence-corrected chi connectivity index (χ4v) is 4.75. The zero-order chi connectivity index (χ0) is 17.1. The van der Waals surface area contributed by atoms with Crippen molar-refractivity contribution < 1.29 is 9.59 Å². The Morgan fingerprint density at radius 2 is 1.32 bits per heavy atom. The summed E-state index contributed by atoms with van der Waals surface area (Å²) in [6.07, 6.45) is 5.17. The normalized spacial score (nSPS) is 16.2. The van der Waals surface area contributed by atoms with Gasteiger partial charge in [0.2, 0.25) is 0 Å². The largest absolute Gasteiger partial charge is 0.340 e. The number of nitrogens with zero attached hydrogens (tertiary/aromatic N) is 1. The molecule has 25 heavy (non-hydrogen) atoms. The predicted molar refractivity (Wildman–Crippen MR) is 99.7 cm³/mol. The lowest BCUT2D eigenvalue weighted by molar-refractivity contribution is 0.0986. The smallest absolute Gasteiger partial charge is 0.163 e. The lowest BCUT2D eigenvalue weighted by atomic mass is 9.98. The van der Waals surface area contributed by atoms with Gasteiger partial charge < -0.3 is 4.57 Å². The molecule has 0 amide bonds. The van der Waals surface area contributed by atoms with Gasteiger partial charge in [-0.25, -0.2) is 0 Å². The first kappa shape index (κ1) is 14.9. The third-order valence-electron chi connectivity index (χ3n) is 5.95. The number of unbranched alkanes of at least 4 members (excludes halogenated alkanes) is 1. The average molecular weight is 331 g/mol. The Labute approximate surface area is 146 Å². The molecule has 3 heteroatoms. The summed E-state index contributed by atoms with van der Waals surface area (Å²) in [5, 5.41) is 2.47. The van der Waals surface area contributed by atoms with Crippen LogP contribution in [-0.4, -0.2) is 16.1 Å². The maximum absolute atomic E-state index is 12.2. The number of carbonyl (C=O) groups is 2. The van der Waals surface area contributed by atoms with Crippen molar-refractivity contribution in [3.8, 4) is 0 Å². The van der Waals surface area contributed by atoms with Crippen molar-refractivity contribution in [2.24, 2.45) is 0 Å². The van der Waals surface area contributed by atoms with Crippen LogP contribution in [0.2, 0.25) is 0 Å². The van der Waals surface area contributed by atoms with Crippen molar-refractivity contribution in [1.82, 2.24) is 4.57 Å². The van der Waals surface area contributed by atoms with Gasteiger partial charge in [0, 0.05) is 52.3 Å². The second-order valence-corrected chi connectivity index (χ2v) is 7.32. The van der Waals surface area contributed by atoms with E-state index in [1.54, 1.807) is 0 Å². The monoisotopic (exact) mass is 331 g/mol. The van der Waals surface area contributed by atoms with Crippen molar-refractivity contribution in [3.63, 3.8) is 0 Å². The molecule has 5 rings (SSSR count). The summed E-state index contributed by atoms with van der Waals surface area (Å²) >= 11 is 0. The van der Waals surface area contributed by atoms with Gasteiger partial charge >= 0.3 is 0 Å². The van der Waals surface area contributed by atoms with E-state index in [2.05, 4.69) is 23.6 Å². The van der Waals surface area contributed by atoms with E-state index in [4.69, 9.17) is 0 Å². The predicted octanol–water partition coefficient (Wildman–Crippen LogP) is 4.85. The van der Waals surface area contributed by atoms with Crippen LogP contribution in [0.4, 0.5) is 0 Å². The zero-order valence-electron chi connectivity index (χ0n) is 14.5. The summed E-state index contributed by atoms with van der Waals surface area (Å²) in [5.74, 6) is 0.519. The van der Waals surface area contributed by atoms with Gasteiger partial charge in [-0.2, -0.15) is 0 Å². The molecule has 0 fully saturated rings. The van der Waals surface area contributed by atoms with E-state index < -0.39 is 0 Å². The molecule has 3 nitrogen and oxygen atoms in total. The average Bonchev–Trinajstić information content (AvgIpc) is 3.27. The van der Waals surface area contributed by atoms with Gasteiger partial charge in [-0.15, -0.1) is 0 Å². The fourth-order valence-electron chi connectivity index (χ4n) is 4.75. The standard InChI is InChI=1S/C22H21NO2/c1-2-3-12-23-17-8-4-13-15(6-10-19(13)24)21(17)22-16-7-11-20(25)14(16)5-9-18(22)23/h4-5,8-9H,2-3,6-7,10-12H2,1H3. The summed E-state index contributed by atoms with van der Waals surface area (Å²) in [7, 11) is 0. The van der Waals surface area contributed by atoms with Gasteiger partial charge in [0.1, 0.15) is 0 Å². The molecule has 0 unspecified atom stereocenters. The highest BCUT2D eigenvalue weighted by Crippen LogP contribution is 2.41. The molecule has 0 saturated carbocycles. The van der Waals surface area contributed by atoms with Crippen LogP contribution in [0, 0.1) is 0 Å². The van der Waals surface area contributed by atoms with Gasteiger partial charge in [0.05, 0.1) is 0 Å². The minimum Gasteiger partial charge on any atom is -0.340 e. The number of hydrogen-bond donors (Lipinski definition) is 0. The number of aryl methyl sites for hydroxylation is 3. The van der Waals surface area contributed by atoms with Crippen LogP contribution in [-0.2, 0) is 19.4 Å². The first-order valence-electron chi connectivity index (χ1n) is 9.36. The summed E-state index contributed by atoms with van der Waals surface area (Å²) in [4.78, 5) is 24.5. The number of carbonyl (C=O) groups excluding carboxylic acids is 2. The maximum atomic E-state index is 12.2. The van der Waals surface area contributed by atoms with E-state index >= 15 is 0 Å². The van der Waals surface area contributed by atoms with Gasteiger partial charge in [-0.1, -0.05) is 13.3 Å². The number of benzene rings is 2. The van der Waals surface area contributed by atoms with E-state index in [1.807, 2.05) is 12.1 Å². The Balaban J connectivity index is 1.94. The number of ketones is 2. The van der Waals surface area contributed by atoms with E-state index in [1.165, 1.54) is 32.9 Å². The Bertz CT molecular complexity index is 990. The molecule has 0 saturated heterocycles. The Morgan fingerprint density at radius 1 is 0.800 bits per heavy atom. The first-order valence-corrected chi connectivity index (χ1v) is 9.36. The van der Waals surface area contributed by atoms with Crippen LogP contribution in [0.3, 0.4) is 0 Å². The van der Waals surface area contributed by atoms with Crippen molar-refractivity contribution in [2.75, 3.05) is 0 Å². The van der Waals surface area contributed by atoms with E-state index in [9.17, 15) is 9.59 Å². The second kappa shape index (κ2) is 5.29. The van der Waals surface area contributed by atoms with Gasteiger partial charge in [0.25, 0.3) is 0 Å². The topological polar surface area (TPSA) is 39.1 Å². The Kier molecular flexibility index (Phi) is 3.15. The van der Waals surface area contributed by atoms with E-state index in [0.29, 0.717) is 12.8 Å². The molecule has 0 bridgehead atoms. The van der Waals surface area contributed by atoms with Crippen LogP contribution in [0.15, 0.2) is 24.3 Å². The minimum atomic E-state index is 0.259. The van der Waals surface area contributed by atoms with Gasteiger partial charge in [-0.05, 0) is 54.7 Å². The number of rotatable bonds is 3. The second-order valence-electron chi connectivity index (χ2n) is 7.32. The lowest BCUT2D eigenvalue weighted by Gasteiger charge is -2.07. The lowest BCUT2D eigenvalue weighted by Crippen LogP contribution is -1.98. The summed E-state index contributed by atoms with van der Waals surface area (Å²) in [5.41, 5.74) is 6.65. The molecule has 2 aromatic carbocycles. The molecule has 0 aliphatic heterocycles. The molecular formula is C22H21NO2. The van der Waals surface area contributed by atoms with Crippen LogP contribution >= 0.6 is 0 Å². The summed E-state index contributed by atoms with van der Waals surface area (Å²) < 4.78 is 2.40. The third kappa shape index (κ3) is 1.92. The summed E-state index contributed by atoms with van der Waals surface area (Å²) in [6, 6.07) is 8.27. The highest BCUT2D eigenvalue weighted by atomic mass is 16.1. The fraction of sp³-hybridized carbons (Fsp3) is 0.364. The molecule has 1 heterocycles. The molecule has 1 aromatic heterocycles. The summed E-state index contributed by atoms with van der Waals surface area (Å²) in [6.45, 7) is 3.19. The quantitative estimate of drug-likeness (QED) is 0.688. The number of aromatic nitrogens is 1. The first-order chi connectivity index (χ1) is 12.2. The Morgan fingerprint density at radius 3 is 1.80 bits per heavy atom. The highest BCUT2D eigenvalue weighted by Gasteiger charge is 2.29. The van der Waals surface area contributed by atoms with Gasteiger partial charge in [-0.3, -0.25) is 9.59 Å². The molecular weight excluding hydrogens is 310 g/mol. The number of hydrogen-bond acceptors (Lipinski definition) is 2. The molecule has 0 spiro atoms. The molecule has 3 aromatic rings. The van der Waals surface area contributed by atoms with E-state index in [-0.39, 0.29) is 11.6 Å². The van der Waals surface area contributed by atoms with Gasteiger partial charge in [0.15, 0.2) is 11.6 Å². The van der Waals surface area contributed by atoms with Crippen LogP contribution in [0.5, 0.6) is 0 Å². The molecule has 0 N–H and O–H groups in total. The van der Waals surface area contributed by atoms with Crippen molar-refractivity contribution in [2.45, 2.75) is 52.0 Å². The molecule has 0 radical (unpaired) electrons. The molecule has 0 atom stereocenters. The van der Waals surface area contributed by atoms with Crippen LogP contribution < -0.4 is 0 Å². The molecule has 2 aliphatic rings. The SMILES string of the molecule is CCCCn1c2ccc3c(c2c2c4c(ccc21)C(=O)CC4)CCC3=O. The number of Topliss-reactive ketones (excluding diaryl/α,β-unsaturated/α-hetero) is 2. The Hall–Kier alpha value is -2.42.